The smallest absolute Gasteiger partial charge is 0.112 e. The molecule has 1 atom stereocenters. The summed E-state index contributed by atoms with van der Waals surface area (Å²) in [5.74, 6) is 1.73. The van der Waals surface area contributed by atoms with E-state index in [2.05, 4.69) is 60.4 Å². The van der Waals surface area contributed by atoms with Crippen LogP contribution in [0.1, 0.15) is 104 Å². The molecule has 0 saturated heterocycles. The second-order valence-corrected chi connectivity index (χ2v) is 7.92. The zero-order valence-corrected chi connectivity index (χ0v) is 14.9. The zero-order valence-electron chi connectivity index (χ0n) is 14.9. The van der Waals surface area contributed by atoms with E-state index < -0.39 is 0 Å². The molecular weight excluding hydrogens is 244 g/mol. The highest BCUT2D eigenvalue weighted by molar-refractivity contribution is 5.27. The molecule has 0 saturated carbocycles. The first-order valence-electron chi connectivity index (χ1n) is 8.24. The van der Waals surface area contributed by atoms with E-state index >= 15 is 0 Å². The molecule has 0 fully saturated rings. The molecule has 1 heterocycles. The van der Waals surface area contributed by atoms with Crippen molar-refractivity contribution in [3.8, 4) is 0 Å². The maximum Gasteiger partial charge on any atom is 0.112 e. The Labute approximate surface area is 125 Å². The fraction of sp³-hybridized carbons (Fsp3) is 0.833. The molecule has 0 aliphatic rings. The van der Waals surface area contributed by atoms with Crippen LogP contribution in [0.3, 0.4) is 0 Å². The summed E-state index contributed by atoms with van der Waals surface area (Å²) < 4.78 is 0. The predicted octanol–water partition coefficient (Wildman–Crippen LogP) is 5.69. The van der Waals surface area contributed by atoms with Crippen LogP contribution in [0.4, 0.5) is 0 Å². The van der Waals surface area contributed by atoms with Gasteiger partial charge in [-0.1, -0.05) is 68.2 Å². The molecule has 1 rings (SSSR count). The standard InChI is InChI=1S/C18H34N2/c1-9-11-13(3)14-15(17(4,5)6)20-16(19-14)18(7,8)12-10-2/h13H,9-12H2,1-8H3,(H,19,20). The molecule has 0 spiro atoms. The van der Waals surface area contributed by atoms with Crippen molar-refractivity contribution in [3.63, 3.8) is 0 Å². The SMILES string of the molecule is CCCC(C)c1[nH]c(C(C)(C)CCC)nc1C(C)(C)C. The summed E-state index contributed by atoms with van der Waals surface area (Å²) in [6.45, 7) is 18.2. The van der Waals surface area contributed by atoms with Crippen LogP contribution >= 0.6 is 0 Å². The van der Waals surface area contributed by atoms with Crippen molar-refractivity contribution in [3.05, 3.63) is 17.2 Å². The van der Waals surface area contributed by atoms with Gasteiger partial charge in [-0.05, 0) is 18.8 Å². The number of hydrogen-bond acceptors (Lipinski definition) is 1. The van der Waals surface area contributed by atoms with E-state index in [9.17, 15) is 0 Å². The lowest BCUT2D eigenvalue weighted by atomic mass is 9.86. The molecule has 0 radical (unpaired) electrons. The van der Waals surface area contributed by atoms with Crippen molar-refractivity contribution in [1.82, 2.24) is 9.97 Å². The van der Waals surface area contributed by atoms with E-state index in [1.54, 1.807) is 0 Å². The summed E-state index contributed by atoms with van der Waals surface area (Å²) >= 11 is 0. The average molecular weight is 278 g/mol. The Kier molecular flexibility index (Phi) is 5.46. The van der Waals surface area contributed by atoms with E-state index in [-0.39, 0.29) is 10.8 Å². The van der Waals surface area contributed by atoms with Crippen LogP contribution in [0.15, 0.2) is 0 Å². The van der Waals surface area contributed by atoms with Crippen molar-refractivity contribution in [2.45, 2.75) is 97.8 Å². The molecule has 1 N–H and O–H groups in total. The molecule has 0 bridgehead atoms. The minimum atomic E-state index is 0.106. The van der Waals surface area contributed by atoms with Crippen LogP contribution in [0.25, 0.3) is 0 Å². The molecule has 0 aromatic carbocycles. The molecule has 2 nitrogen and oxygen atoms in total. The third-order valence-electron chi connectivity index (χ3n) is 4.17. The second-order valence-electron chi connectivity index (χ2n) is 7.92. The fourth-order valence-corrected chi connectivity index (χ4v) is 2.96. The third-order valence-corrected chi connectivity index (χ3v) is 4.17. The van der Waals surface area contributed by atoms with Gasteiger partial charge < -0.3 is 4.98 Å². The van der Waals surface area contributed by atoms with Crippen LogP contribution in [-0.2, 0) is 10.8 Å². The van der Waals surface area contributed by atoms with Gasteiger partial charge in [-0.2, -0.15) is 0 Å². The minimum absolute atomic E-state index is 0.106. The van der Waals surface area contributed by atoms with Gasteiger partial charge in [0.05, 0.1) is 5.69 Å². The van der Waals surface area contributed by atoms with Gasteiger partial charge >= 0.3 is 0 Å². The Morgan fingerprint density at radius 2 is 1.65 bits per heavy atom. The number of hydrogen-bond donors (Lipinski definition) is 1. The number of nitrogens with one attached hydrogen (secondary N) is 1. The van der Waals surface area contributed by atoms with Gasteiger partial charge in [0.15, 0.2) is 0 Å². The van der Waals surface area contributed by atoms with E-state index in [1.165, 1.54) is 42.9 Å². The van der Waals surface area contributed by atoms with Crippen LogP contribution in [0.5, 0.6) is 0 Å². The molecule has 0 aliphatic carbocycles. The normalized spacial score (nSPS) is 14.6. The van der Waals surface area contributed by atoms with Gasteiger partial charge in [-0.3, -0.25) is 0 Å². The zero-order chi connectivity index (χ0) is 15.6. The number of aromatic nitrogens is 2. The molecule has 20 heavy (non-hydrogen) atoms. The van der Waals surface area contributed by atoms with Gasteiger partial charge in [0.2, 0.25) is 0 Å². The number of imidazole rings is 1. The van der Waals surface area contributed by atoms with Crippen LogP contribution < -0.4 is 0 Å². The second kappa shape index (κ2) is 6.32. The highest BCUT2D eigenvalue weighted by Gasteiger charge is 2.30. The minimum Gasteiger partial charge on any atom is -0.345 e. The lowest BCUT2D eigenvalue weighted by Crippen LogP contribution is -2.19. The number of H-pyrrole nitrogens is 1. The lowest BCUT2D eigenvalue weighted by Gasteiger charge is -2.21. The first-order valence-corrected chi connectivity index (χ1v) is 8.24. The highest BCUT2D eigenvalue weighted by atomic mass is 15.0. The number of aromatic amines is 1. The van der Waals surface area contributed by atoms with Crippen molar-refractivity contribution in [2.24, 2.45) is 0 Å². The topological polar surface area (TPSA) is 28.7 Å². The van der Waals surface area contributed by atoms with E-state index in [1.807, 2.05) is 0 Å². The summed E-state index contributed by atoms with van der Waals surface area (Å²) in [4.78, 5) is 8.71. The average Bonchev–Trinajstić information content (AvgIpc) is 2.74. The Morgan fingerprint density at radius 3 is 2.10 bits per heavy atom. The fourth-order valence-electron chi connectivity index (χ4n) is 2.96. The Balaban J connectivity index is 3.25. The molecule has 1 aromatic rings. The maximum absolute atomic E-state index is 5.02. The van der Waals surface area contributed by atoms with Gasteiger partial charge in [-0.15, -0.1) is 0 Å². The van der Waals surface area contributed by atoms with Crippen LogP contribution in [0, 0.1) is 0 Å². The predicted molar refractivity (Wildman–Crippen MR) is 88.5 cm³/mol. The van der Waals surface area contributed by atoms with Crippen molar-refractivity contribution in [1.29, 1.82) is 0 Å². The summed E-state index contributed by atoms with van der Waals surface area (Å²) in [5, 5.41) is 0. The van der Waals surface area contributed by atoms with E-state index in [0.717, 1.165) is 0 Å². The Bertz CT molecular complexity index is 421. The summed E-state index contributed by atoms with van der Waals surface area (Å²) in [7, 11) is 0. The van der Waals surface area contributed by atoms with Crippen LogP contribution in [0.2, 0.25) is 0 Å². The van der Waals surface area contributed by atoms with E-state index in [4.69, 9.17) is 4.98 Å². The summed E-state index contributed by atoms with van der Waals surface area (Å²) in [6, 6.07) is 0. The molecule has 2 heteroatoms. The first kappa shape index (κ1) is 17.3. The maximum atomic E-state index is 5.02. The molecule has 1 unspecified atom stereocenters. The van der Waals surface area contributed by atoms with Gasteiger partial charge in [-0.25, -0.2) is 4.98 Å². The van der Waals surface area contributed by atoms with Gasteiger partial charge in [0.25, 0.3) is 0 Å². The molecule has 116 valence electrons. The molecular formula is C18H34N2. The Hall–Kier alpha value is -0.790. The summed E-state index contributed by atoms with van der Waals surface area (Å²) in [6.07, 6.45) is 4.81. The van der Waals surface area contributed by atoms with Crippen molar-refractivity contribution in [2.75, 3.05) is 0 Å². The van der Waals surface area contributed by atoms with E-state index in [0.29, 0.717) is 5.92 Å². The number of rotatable bonds is 6. The lowest BCUT2D eigenvalue weighted by molar-refractivity contribution is 0.445. The third kappa shape index (κ3) is 3.86. The first-order chi connectivity index (χ1) is 9.13. The quantitative estimate of drug-likeness (QED) is 0.711. The summed E-state index contributed by atoms with van der Waals surface area (Å²) in [5.41, 5.74) is 2.86. The van der Waals surface area contributed by atoms with Gasteiger partial charge in [0, 0.05) is 16.5 Å². The van der Waals surface area contributed by atoms with Crippen molar-refractivity contribution >= 4 is 0 Å². The van der Waals surface area contributed by atoms with Gasteiger partial charge in [0.1, 0.15) is 5.82 Å². The molecule has 1 aromatic heterocycles. The van der Waals surface area contributed by atoms with Crippen LogP contribution in [-0.4, -0.2) is 9.97 Å². The number of nitrogens with zero attached hydrogens (tertiary/aromatic N) is 1. The monoisotopic (exact) mass is 278 g/mol. The largest absolute Gasteiger partial charge is 0.345 e. The molecule has 0 aliphatic heterocycles. The Morgan fingerprint density at radius 1 is 1.05 bits per heavy atom. The highest BCUT2D eigenvalue weighted by Crippen LogP contribution is 2.35. The molecule has 0 amide bonds. The van der Waals surface area contributed by atoms with Crippen molar-refractivity contribution < 1.29 is 0 Å².